The molecule has 0 atom stereocenters. The number of hydrogen-bond donors (Lipinski definition) is 4. The Balaban J connectivity index is 2.57. The molecule has 0 aliphatic carbocycles. The predicted molar refractivity (Wildman–Crippen MR) is 188 cm³/mol. The van der Waals surface area contributed by atoms with Crippen molar-refractivity contribution in [1.29, 1.82) is 0 Å². The van der Waals surface area contributed by atoms with E-state index >= 15 is 0 Å². The highest BCUT2D eigenvalue weighted by Gasteiger charge is 2.38. The number of rotatable bonds is 13. The van der Waals surface area contributed by atoms with Crippen molar-refractivity contribution in [3.8, 4) is 11.5 Å². The van der Waals surface area contributed by atoms with Crippen LogP contribution in [-0.2, 0) is 44.1 Å². The van der Waals surface area contributed by atoms with Crippen LogP contribution in [0.3, 0.4) is 0 Å². The molecule has 0 aliphatic heterocycles. The molecule has 0 fully saturated rings. The maximum absolute atomic E-state index is 13.3. The number of unbranched alkanes of at least 4 members (excludes halogenated alkanes) is 2. The summed E-state index contributed by atoms with van der Waals surface area (Å²) < 4.78 is 0. The van der Waals surface area contributed by atoms with Gasteiger partial charge in [-0.15, -0.1) is 0 Å². The number of carbonyl (C=O) groups is 2. The number of aryl methyl sites for hydroxylation is 2. The topological polar surface area (TPSA) is 115 Å². The highest BCUT2D eigenvalue weighted by atomic mass is 16.4. The lowest BCUT2D eigenvalue weighted by atomic mass is 9.72. The lowest BCUT2D eigenvalue weighted by Gasteiger charge is -2.32. The lowest BCUT2D eigenvalue weighted by molar-refractivity contribution is -0.150. The van der Waals surface area contributed by atoms with E-state index < -0.39 is 17.4 Å². The van der Waals surface area contributed by atoms with Gasteiger partial charge in [-0.3, -0.25) is 9.59 Å². The van der Waals surface area contributed by atoms with E-state index in [9.17, 15) is 24.9 Å². The van der Waals surface area contributed by atoms with Crippen LogP contribution in [0.25, 0.3) is 0 Å². The Bertz CT molecular complexity index is 1220. The summed E-state index contributed by atoms with van der Waals surface area (Å²) in [5, 5.41) is 42.5. The number of phenolic OH excluding ortho intramolecular Hbond substituents is 2. The Morgan fingerprint density at radius 1 is 0.522 bits per heavy atom. The Labute approximate surface area is 278 Å². The van der Waals surface area contributed by atoms with Crippen molar-refractivity contribution in [2.75, 3.05) is 0 Å². The number of carboxylic acids is 2. The molecule has 0 saturated carbocycles. The molecule has 6 nitrogen and oxygen atoms in total. The van der Waals surface area contributed by atoms with Crippen LogP contribution in [0.5, 0.6) is 11.5 Å². The van der Waals surface area contributed by atoms with Gasteiger partial charge in [0.25, 0.3) is 0 Å². The Morgan fingerprint density at radius 3 is 1.11 bits per heavy atom. The third-order valence-electron chi connectivity index (χ3n) is 9.36. The van der Waals surface area contributed by atoms with Crippen molar-refractivity contribution < 1.29 is 30.0 Å². The zero-order valence-electron chi connectivity index (χ0n) is 30.8. The summed E-state index contributed by atoms with van der Waals surface area (Å²) in [5.41, 5.74) is 3.28. The van der Waals surface area contributed by atoms with E-state index in [2.05, 4.69) is 83.1 Å². The van der Waals surface area contributed by atoms with Crippen molar-refractivity contribution in [2.24, 2.45) is 5.41 Å². The Hall–Kier alpha value is -3.02. The minimum atomic E-state index is -1.02. The minimum Gasteiger partial charge on any atom is -0.507 e. The van der Waals surface area contributed by atoms with Crippen molar-refractivity contribution in [3.63, 3.8) is 0 Å². The maximum atomic E-state index is 13.3. The normalized spacial score (nSPS) is 13.2. The third kappa shape index (κ3) is 10.2. The monoisotopic (exact) mass is 638 g/mol. The van der Waals surface area contributed by atoms with E-state index in [0.717, 1.165) is 33.4 Å². The van der Waals surface area contributed by atoms with Crippen molar-refractivity contribution in [3.05, 3.63) is 57.6 Å². The van der Waals surface area contributed by atoms with Gasteiger partial charge in [0, 0.05) is 6.42 Å². The van der Waals surface area contributed by atoms with Crippen molar-refractivity contribution >= 4 is 11.9 Å². The molecule has 0 bridgehead atoms. The number of carboxylic acid groups (broad SMARTS) is 2. The molecule has 0 heterocycles. The molecule has 46 heavy (non-hydrogen) atoms. The third-order valence-corrected chi connectivity index (χ3v) is 9.36. The molecule has 0 aromatic heterocycles. The standard InChI is InChI=1S/C40H62O6/c1-36(2,3)28-22-26(23-29(33(28)43)37(4,5)6)17-20-40(35(45)46,19-15-13-14-16-32(41)42)21-18-27-24-30(38(7,8)9)34(44)31(25-27)39(10,11)12/h22-25,43-44H,13-21H2,1-12H3,(H,41,42)(H,45,46). The molecule has 0 aliphatic rings. The first kappa shape index (κ1) is 39.2. The smallest absolute Gasteiger partial charge is 0.309 e. The van der Waals surface area contributed by atoms with E-state index in [4.69, 9.17) is 5.11 Å². The number of aromatic hydroxyl groups is 2. The van der Waals surface area contributed by atoms with Crippen LogP contribution in [0, 0.1) is 5.41 Å². The highest BCUT2D eigenvalue weighted by Crippen LogP contribution is 2.44. The second kappa shape index (κ2) is 14.4. The maximum Gasteiger partial charge on any atom is 0.309 e. The second-order valence-corrected chi connectivity index (χ2v) is 17.6. The van der Waals surface area contributed by atoms with Crippen LogP contribution in [0.15, 0.2) is 24.3 Å². The molecule has 0 radical (unpaired) electrons. The van der Waals surface area contributed by atoms with Gasteiger partial charge in [-0.25, -0.2) is 0 Å². The molecule has 6 heteroatoms. The van der Waals surface area contributed by atoms with Gasteiger partial charge in [0.05, 0.1) is 5.41 Å². The van der Waals surface area contributed by atoms with Gasteiger partial charge in [0.1, 0.15) is 11.5 Å². The van der Waals surface area contributed by atoms with E-state index in [1.807, 2.05) is 24.3 Å². The van der Waals surface area contributed by atoms with Crippen LogP contribution in [0.2, 0.25) is 0 Å². The first-order valence-electron chi connectivity index (χ1n) is 17.0. The first-order chi connectivity index (χ1) is 20.8. The van der Waals surface area contributed by atoms with Gasteiger partial charge in [-0.2, -0.15) is 0 Å². The van der Waals surface area contributed by atoms with Crippen LogP contribution in [0.4, 0.5) is 0 Å². The SMILES string of the molecule is CC(C)(C)c1cc(CCC(CCCCCC(=O)O)(CCc2cc(C(C)(C)C)c(O)c(C(C)(C)C)c2)C(=O)O)cc(C(C)(C)C)c1O. The Morgan fingerprint density at radius 2 is 0.848 bits per heavy atom. The summed E-state index contributed by atoms with van der Waals surface area (Å²) in [6.07, 6.45) is 4.29. The van der Waals surface area contributed by atoms with Gasteiger partial charge >= 0.3 is 11.9 Å². The number of benzene rings is 2. The van der Waals surface area contributed by atoms with Crippen molar-refractivity contribution in [1.82, 2.24) is 0 Å². The van der Waals surface area contributed by atoms with Crippen LogP contribution in [0.1, 0.15) is 161 Å². The fourth-order valence-corrected chi connectivity index (χ4v) is 6.34. The quantitative estimate of drug-likeness (QED) is 0.162. The molecule has 0 spiro atoms. The molecule has 4 N–H and O–H groups in total. The Kier molecular flexibility index (Phi) is 12.3. The van der Waals surface area contributed by atoms with Crippen LogP contribution >= 0.6 is 0 Å². The minimum absolute atomic E-state index is 0.0808. The van der Waals surface area contributed by atoms with E-state index in [1.54, 1.807) is 0 Å². The summed E-state index contributed by atoms with van der Waals surface area (Å²) in [4.78, 5) is 24.4. The number of phenols is 2. The first-order valence-corrected chi connectivity index (χ1v) is 17.0. The summed E-state index contributed by atoms with van der Waals surface area (Å²) in [7, 11) is 0. The molecule has 2 aromatic rings. The molecule has 0 saturated heterocycles. The molecule has 0 amide bonds. The predicted octanol–water partition coefficient (Wildman–Crippen LogP) is 9.96. The molecule has 258 valence electrons. The fraction of sp³-hybridized carbons (Fsp3) is 0.650. The average molecular weight is 639 g/mol. The number of aliphatic carboxylic acids is 2. The van der Waals surface area contributed by atoms with Gasteiger partial charge < -0.3 is 20.4 Å². The van der Waals surface area contributed by atoms with Crippen LogP contribution in [-0.4, -0.2) is 32.4 Å². The molecule has 2 rings (SSSR count). The highest BCUT2D eigenvalue weighted by molar-refractivity contribution is 5.74. The summed E-state index contributed by atoms with van der Waals surface area (Å²) in [5.74, 6) is -1.05. The lowest BCUT2D eigenvalue weighted by Crippen LogP contribution is -2.33. The van der Waals surface area contributed by atoms with Crippen LogP contribution < -0.4 is 0 Å². The summed E-state index contributed by atoms with van der Waals surface area (Å²) in [6, 6.07) is 8.15. The molecule has 0 unspecified atom stereocenters. The summed E-state index contributed by atoms with van der Waals surface area (Å²) in [6.45, 7) is 24.9. The molecular weight excluding hydrogens is 576 g/mol. The van der Waals surface area contributed by atoms with Crippen molar-refractivity contribution in [2.45, 2.75) is 163 Å². The van der Waals surface area contributed by atoms with Gasteiger partial charge in [0.2, 0.25) is 0 Å². The zero-order valence-corrected chi connectivity index (χ0v) is 30.8. The van der Waals surface area contributed by atoms with Gasteiger partial charge in [-0.1, -0.05) is 120 Å². The fourth-order valence-electron chi connectivity index (χ4n) is 6.34. The largest absolute Gasteiger partial charge is 0.507 e. The van der Waals surface area contributed by atoms with Gasteiger partial charge in [0.15, 0.2) is 0 Å². The van der Waals surface area contributed by atoms with Gasteiger partial charge in [-0.05, 0) is 93.6 Å². The zero-order chi connectivity index (χ0) is 35.5. The van der Waals surface area contributed by atoms with E-state index in [-0.39, 0.29) is 28.1 Å². The number of hydrogen-bond acceptors (Lipinski definition) is 4. The van der Waals surface area contributed by atoms with E-state index in [1.165, 1.54) is 0 Å². The molecule has 2 aromatic carbocycles. The molecular formula is C40H62O6. The summed E-state index contributed by atoms with van der Waals surface area (Å²) >= 11 is 0. The second-order valence-electron chi connectivity index (χ2n) is 17.6. The average Bonchev–Trinajstić information content (AvgIpc) is 2.87. The van der Waals surface area contributed by atoms with E-state index in [0.29, 0.717) is 62.9 Å².